The second-order valence-electron chi connectivity index (χ2n) is 8.04. The molecule has 1 aliphatic carbocycles. The quantitative estimate of drug-likeness (QED) is 0.127. The highest BCUT2D eigenvalue weighted by molar-refractivity contribution is 7.83. The fourth-order valence-corrected chi connectivity index (χ4v) is 3.65. The number of hydrogen-bond donors (Lipinski definition) is 4. The smallest absolute Gasteiger partial charge is 0.212 e. The molecular weight excluding hydrogens is 462 g/mol. The molecule has 0 spiro atoms. The fraction of sp³-hybridized carbons (Fsp3) is 0.269. The molecule has 8 nitrogen and oxygen atoms in total. The number of thiol groups is 1. The van der Waals surface area contributed by atoms with Crippen LogP contribution in [0.15, 0.2) is 54.1 Å². The van der Waals surface area contributed by atoms with Crippen molar-refractivity contribution in [1.29, 1.82) is 10.7 Å². The molecule has 0 amide bonds. The predicted molar refractivity (Wildman–Crippen MR) is 140 cm³/mol. The SMILES string of the molecule is COc1cc2c(Nc3ccc(OC(=N)/C=C\S)cc3)c(C#N)cnc2cc1OCCCNC1CC1. The van der Waals surface area contributed by atoms with Crippen LogP contribution in [0.1, 0.15) is 24.8 Å². The van der Waals surface area contributed by atoms with Crippen LogP contribution in [-0.2, 0) is 0 Å². The molecule has 0 radical (unpaired) electrons. The molecular formula is C26H27N5O3S. The average molecular weight is 490 g/mol. The third-order valence-corrected chi connectivity index (χ3v) is 5.59. The first-order valence-corrected chi connectivity index (χ1v) is 11.8. The molecule has 1 heterocycles. The zero-order chi connectivity index (χ0) is 24.6. The van der Waals surface area contributed by atoms with Gasteiger partial charge >= 0.3 is 0 Å². The Balaban J connectivity index is 1.54. The second kappa shape index (κ2) is 11.6. The van der Waals surface area contributed by atoms with E-state index < -0.39 is 0 Å². The average Bonchev–Trinajstić information content (AvgIpc) is 3.69. The number of benzene rings is 2. The van der Waals surface area contributed by atoms with Gasteiger partial charge in [0, 0.05) is 35.5 Å². The Kier molecular flexibility index (Phi) is 8.08. The Morgan fingerprint density at radius 1 is 1.26 bits per heavy atom. The molecule has 1 fully saturated rings. The van der Waals surface area contributed by atoms with E-state index in [-0.39, 0.29) is 5.90 Å². The highest BCUT2D eigenvalue weighted by Gasteiger charge is 2.19. The lowest BCUT2D eigenvalue weighted by molar-refractivity contribution is 0.288. The van der Waals surface area contributed by atoms with Gasteiger partial charge in [-0.2, -0.15) is 17.9 Å². The predicted octanol–water partition coefficient (Wildman–Crippen LogP) is 5.18. The summed E-state index contributed by atoms with van der Waals surface area (Å²) in [5.74, 6) is 1.70. The maximum atomic E-state index is 9.69. The summed E-state index contributed by atoms with van der Waals surface area (Å²) in [4.78, 5) is 4.46. The summed E-state index contributed by atoms with van der Waals surface area (Å²) in [7, 11) is 1.59. The number of ether oxygens (including phenoxy) is 3. The number of nitrogens with zero attached hydrogens (tertiary/aromatic N) is 2. The van der Waals surface area contributed by atoms with Crippen molar-refractivity contribution in [2.75, 3.05) is 25.6 Å². The van der Waals surface area contributed by atoms with Gasteiger partial charge in [0.25, 0.3) is 0 Å². The van der Waals surface area contributed by atoms with Crippen molar-refractivity contribution in [3.63, 3.8) is 0 Å². The third kappa shape index (κ3) is 6.44. The maximum absolute atomic E-state index is 9.69. The molecule has 9 heteroatoms. The molecule has 2 aromatic carbocycles. The van der Waals surface area contributed by atoms with Crippen molar-refractivity contribution in [2.45, 2.75) is 25.3 Å². The fourth-order valence-electron chi connectivity index (χ4n) is 3.52. The Morgan fingerprint density at radius 3 is 2.74 bits per heavy atom. The summed E-state index contributed by atoms with van der Waals surface area (Å²) in [6, 6.07) is 13.7. The lowest BCUT2D eigenvalue weighted by Gasteiger charge is -2.16. The highest BCUT2D eigenvalue weighted by Crippen LogP contribution is 2.37. The summed E-state index contributed by atoms with van der Waals surface area (Å²) in [6.07, 6.45) is 6.41. The molecule has 0 unspecified atom stereocenters. The van der Waals surface area contributed by atoms with Crippen molar-refractivity contribution < 1.29 is 14.2 Å². The van der Waals surface area contributed by atoms with Crippen LogP contribution >= 0.6 is 12.6 Å². The molecule has 3 aromatic rings. The molecule has 0 saturated heterocycles. The number of nitrogens with one attached hydrogen (secondary N) is 3. The molecule has 0 bridgehead atoms. The van der Waals surface area contributed by atoms with Crippen molar-refractivity contribution in [1.82, 2.24) is 10.3 Å². The zero-order valence-corrected chi connectivity index (χ0v) is 20.3. The lowest BCUT2D eigenvalue weighted by Crippen LogP contribution is -2.19. The van der Waals surface area contributed by atoms with Gasteiger partial charge in [-0.3, -0.25) is 10.4 Å². The number of anilines is 2. The van der Waals surface area contributed by atoms with Gasteiger partial charge in [0.2, 0.25) is 5.90 Å². The molecule has 1 aromatic heterocycles. The van der Waals surface area contributed by atoms with Gasteiger partial charge in [-0.1, -0.05) is 0 Å². The van der Waals surface area contributed by atoms with E-state index in [1.54, 1.807) is 25.4 Å². The second-order valence-corrected chi connectivity index (χ2v) is 8.34. The molecule has 0 atom stereocenters. The summed E-state index contributed by atoms with van der Waals surface area (Å²) < 4.78 is 17.0. The number of hydrogen-bond acceptors (Lipinski definition) is 9. The maximum Gasteiger partial charge on any atom is 0.212 e. The topological polar surface area (TPSA) is 112 Å². The summed E-state index contributed by atoms with van der Waals surface area (Å²) in [5, 5.41) is 26.4. The van der Waals surface area contributed by atoms with E-state index in [1.807, 2.05) is 24.3 Å². The highest BCUT2D eigenvalue weighted by atomic mass is 32.1. The minimum Gasteiger partial charge on any atom is -0.493 e. The van der Waals surface area contributed by atoms with Gasteiger partial charge in [0.1, 0.15) is 11.8 Å². The Morgan fingerprint density at radius 2 is 2.06 bits per heavy atom. The van der Waals surface area contributed by atoms with Crippen LogP contribution in [0, 0.1) is 16.7 Å². The molecule has 3 N–H and O–H groups in total. The van der Waals surface area contributed by atoms with Gasteiger partial charge in [-0.25, -0.2) is 0 Å². The van der Waals surface area contributed by atoms with Crippen LogP contribution < -0.4 is 24.8 Å². The van der Waals surface area contributed by atoms with Crippen molar-refractivity contribution in [3.05, 3.63) is 59.6 Å². The molecule has 1 saturated carbocycles. The van der Waals surface area contributed by atoms with Crippen molar-refractivity contribution >= 4 is 40.8 Å². The number of nitriles is 1. The van der Waals surface area contributed by atoms with Crippen molar-refractivity contribution in [3.8, 4) is 23.3 Å². The standard InChI is InChI=1S/C26H27N5O3S/c1-32-23-13-21-22(14-24(23)33-11-2-10-29-18-3-4-18)30-16-17(15-27)26(21)31-19-5-7-20(8-6-19)34-25(28)9-12-35/h5-9,12-14,16,18,28-29,35H,2-4,10-11H2,1H3,(H,30,31)/b12-9-,28-25?. The molecule has 0 aliphatic heterocycles. The Hall–Kier alpha value is -3.74. The first-order chi connectivity index (χ1) is 17.1. The van der Waals surface area contributed by atoms with E-state index in [9.17, 15) is 5.26 Å². The Labute approximate surface area is 209 Å². The van der Waals surface area contributed by atoms with Crippen molar-refractivity contribution in [2.24, 2.45) is 0 Å². The Bertz CT molecular complexity index is 1270. The lowest BCUT2D eigenvalue weighted by atomic mass is 10.1. The van der Waals surface area contributed by atoms with E-state index in [1.165, 1.54) is 24.3 Å². The summed E-state index contributed by atoms with van der Waals surface area (Å²) in [5.41, 5.74) is 2.46. The minimum absolute atomic E-state index is 0.0168. The van der Waals surface area contributed by atoms with Crippen LogP contribution in [0.5, 0.6) is 17.2 Å². The monoisotopic (exact) mass is 489 g/mol. The number of fused-ring (bicyclic) bond motifs is 1. The first-order valence-electron chi connectivity index (χ1n) is 11.3. The van der Waals surface area contributed by atoms with Gasteiger partial charge in [0.15, 0.2) is 11.5 Å². The van der Waals surface area contributed by atoms with Crippen LogP contribution in [0.4, 0.5) is 11.4 Å². The number of aromatic nitrogens is 1. The van der Waals surface area contributed by atoms with E-state index in [4.69, 9.17) is 19.6 Å². The molecule has 1 aliphatic rings. The number of methoxy groups -OCH3 is 1. The first kappa shape index (κ1) is 24.4. The van der Waals surface area contributed by atoms with Crippen LogP contribution in [0.25, 0.3) is 10.9 Å². The van der Waals surface area contributed by atoms with Crippen LogP contribution in [0.3, 0.4) is 0 Å². The molecule has 180 valence electrons. The number of rotatable bonds is 11. The summed E-state index contributed by atoms with van der Waals surface area (Å²) >= 11 is 3.94. The van der Waals surface area contributed by atoms with Gasteiger partial charge in [0.05, 0.1) is 30.5 Å². The normalized spacial score (nSPS) is 12.9. The number of pyridine rings is 1. The van der Waals surface area contributed by atoms with E-state index in [0.29, 0.717) is 46.7 Å². The molecule has 35 heavy (non-hydrogen) atoms. The van der Waals surface area contributed by atoms with Gasteiger partial charge < -0.3 is 24.8 Å². The van der Waals surface area contributed by atoms with Crippen LogP contribution in [0.2, 0.25) is 0 Å². The largest absolute Gasteiger partial charge is 0.493 e. The third-order valence-electron chi connectivity index (χ3n) is 5.44. The zero-order valence-electron chi connectivity index (χ0n) is 19.4. The van der Waals surface area contributed by atoms with E-state index in [2.05, 4.69) is 34.3 Å². The van der Waals surface area contributed by atoms with Gasteiger partial charge in [-0.05, 0) is 61.5 Å². The van der Waals surface area contributed by atoms with Gasteiger partial charge in [-0.15, -0.1) is 0 Å². The van der Waals surface area contributed by atoms with E-state index >= 15 is 0 Å². The van der Waals surface area contributed by atoms with E-state index in [0.717, 1.165) is 24.0 Å². The molecule has 4 rings (SSSR count). The minimum atomic E-state index is -0.0168. The summed E-state index contributed by atoms with van der Waals surface area (Å²) in [6.45, 7) is 1.49. The van der Waals surface area contributed by atoms with Crippen LogP contribution in [-0.4, -0.2) is 37.2 Å².